The Morgan fingerprint density at radius 2 is 1.75 bits per heavy atom. The normalized spacial score (nSPS) is 18.0. The van der Waals surface area contributed by atoms with Crippen molar-refractivity contribution in [3.8, 4) is 17.2 Å². The zero-order chi connectivity index (χ0) is 19.5. The highest BCUT2D eigenvalue weighted by molar-refractivity contribution is 5.68. The van der Waals surface area contributed by atoms with Crippen LogP contribution in [0.4, 0.5) is 0 Å². The zero-order valence-electron chi connectivity index (χ0n) is 15.1. The lowest BCUT2D eigenvalue weighted by Gasteiger charge is -2.34. The van der Waals surface area contributed by atoms with Gasteiger partial charge in [-0.15, -0.1) is 0 Å². The van der Waals surface area contributed by atoms with Crippen LogP contribution in [-0.2, 0) is 4.79 Å². The lowest BCUT2D eigenvalue weighted by Crippen LogP contribution is -2.25. The molecule has 0 saturated heterocycles. The summed E-state index contributed by atoms with van der Waals surface area (Å²) < 4.78 is 11.2. The van der Waals surface area contributed by atoms with Gasteiger partial charge in [0.15, 0.2) is 6.61 Å². The standard InChI is InChI=1S/C23H20O5/c24-17-8-11-19-21(12-17)28-13-20(15-4-2-1-3-5-15)23(19)16-6-9-18(10-7-16)27-14-22(25)26/h1-12,20,23-24H,13-14H2,(H,25,26)/t20-,23+/m0/s1. The predicted octanol–water partition coefficient (Wildman–Crippen LogP) is 4.16. The largest absolute Gasteiger partial charge is 0.508 e. The number of rotatable bonds is 5. The minimum Gasteiger partial charge on any atom is -0.508 e. The second kappa shape index (κ2) is 7.64. The van der Waals surface area contributed by atoms with Gasteiger partial charge in [0, 0.05) is 23.5 Å². The van der Waals surface area contributed by atoms with E-state index >= 15 is 0 Å². The first-order chi connectivity index (χ1) is 13.6. The van der Waals surface area contributed by atoms with Crippen molar-refractivity contribution in [1.29, 1.82) is 0 Å². The highest BCUT2D eigenvalue weighted by atomic mass is 16.5. The Morgan fingerprint density at radius 1 is 1.00 bits per heavy atom. The van der Waals surface area contributed by atoms with Gasteiger partial charge >= 0.3 is 5.97 Å². The van der Waals surface area contributed by atoms with Crippen molar-refractivity contribution in [2.75, 3.05) is 13.2 Å². The van der Waals surface area contributed by atoms with Crippen molar-refractivity contribution in [2.24, 2.45) is 0 Å². The van der Waals surface area contributed by atoms with Crippen LogP contribution >= 0.6 is 0 Å². The summed E-state index contributed by atoms with van der Waals surface area (Å²) in [5.74, 6) is 0.521. The summed E-state index contributed by atoms with van der Waals surface area (Å²) in [7, 11) is 0. The number of hydrogen-bond acceptors (Lipinski definition) is 4. The van der Waals surface area contributed by atoms with Crippen LogP contribution < -0.4 is 9.47 Å². The fourth-order valence-corrected chi connectivity index (χ4v) is 3.71. The van der Waals surface area contributed by atoms with Crippen molar-refractivity contribution in [3.05, 3.63) is 89.5 Å². The molecule has 2 atom stereocenters. The summed E-state index contributed by atoms with van der Waals surface area (Å²) in [4.78, 5) is 10.7. The molecule has 1 aliphatic rings. The summed E-state index contributed by atoms with van der Waals surface area (Å²) in [6.45, 7) is 0.133. The first-order valence-electron chi connectivity index (χ1n) is 9.07. The molecule has 4 rings (SSSR count). The smallest absolute Gasteiger partial charge is 0.341 e. The molecule has 5 heteroatoms. The number of aromatic hydroxyl groups is 1. The minimum absolute atomic E-state index is 0.0419. The third kappa shape index (κ3) is 3.64. The number of phenolic OH excluding ortho intramolecular Hbond substituents is 1. The number of ether oxygens (including phenoxy) is 2. The fraction of sp³-hybridized carbons (Fsp3) is 0.174. The van der Waals surface area contributed by atoms with Crippen LogP contribution in [0.1, 0.15) is 28.5 Å². The van der Waals surface area contributed by atoms with Crippen molar-refractivity contribution in [1.82, 2.24) is 0 Å². The molecule has 1 aliphatic heterocycles. The molecule has 2 N–H and O–H groups in total. The van der Waals surface area contributed by atoms with Gasteiger partial charge in [-0.1, -0.05) is 48.5 Å². The second-order valence-corrected chi connectivity index (χ2v) is 6.78. The van der Waals surface area contributed by atoms with Crippen molar-refractivity contribution >= 4 is 5.97 Å². The van der Waals surface area contributed by atoms with Crippen LogP contribution in [0.2, 0.25) is 0 Å². The van der Waals surface area contributed by atoms with Crippen LogP contribution in [0.5, 0.6) is 17.2 Å². The first kappa shape index (κ1) is 17.9. The third-order valence-corrected chi connectivity index (χ3v) is 4.98. The van der Waals surface area contributed by atoms with E-state index in [0.717, 1.165) is 11.1 Å². The van der Waals surface area contributed by atoms with E-state index in [4.69, 9.17) is 14.6 Å². The van der Waals surface area contributed by atoms with E-state index in [0.29, 0.717) is 18.1 Å². The van der Waals surface area contributed by atoms with Crippen LogP contribution in [0.15, 0.2) is 72.8 Å². The van der Waals surface area contributed by atoms with Gasteiger partial charge in [-0.3, -0.25) is 0 Å². The number of carboxylic acid groups (broad SMARTS) is 1. The maximum atomic E-state index is 10.7. The summed E-state index contributed by atoms with van der Waals surface area (Å²) in [6.07, 6.45) is 0. The average Bonchev–Trinajstić information content (AvgIpc) is 2.72. The Kier molecular flexibility index (Phi) is 4.89. The minimum atomic E-state index is -1.01. The van der Waals surface area contributed by atoms with Gasteiger partial charge < -0.3 is 19.7 Å². The summed E-state index contributed by atoms with van der Waals surface area (Å²) in [6, 6.07) is 22.9. The van der Waals surface area contributed by atoms with Gasteiger partial charge in [-0.25, -0.2) is 4.79 Å². The number of benzene rings is 3. The first-order valence-corrected chi connectivity index (χ1v) is 9.07. The Balaban J connectivity index is 1.72. The van der Waals surface area contributed by atoms with Crippen LogP contribution in [0, 0.1) is 0 Å². The van der Waals surface area contributed by atoms with Gasteiger partial charge in [0.25, 0.3) is 0 Å². The quantitative estimate of drug-likeness (QED) is 0.699. The fourth-order valence-electron chi connectivity index (χ4n) is 3.71. The van der Waals surface area contributed by atoms with Gasteiger partial charge in [-0.05, 0) is 29.3 Å². The number of fused-ring (bicyclic) bond motifs is 1. The van der Waals surface area contributed by atoms with E-state index in [1.807, 2.05) is 36.4 Å². The molecule has 0 spiro atoms. The zero-order valence-corrected chi connectivity index (χ0v) is 15.1. The number of aliphatic carboxylic acids is 1. The highest BCUT2D eigenvalue weighted by Crippen LogP contribution is 2.47. The lowest BCUT2D eigenvalue weighted by atomic mass is 9.76. The summed E-state index contributed by atoms with van der Waals surface area (Å²) in [5.41, 5.74) is 3.27. The van der Waals surface area contributed by atoms with E-state index < -0.39 is 5.97 Å². The average molecular weight is 376 g/mol. The molecule has 3 aromatic carbocycles. The van der Waals surface area contributed by atoms with E-state index in [1.165, 1.54) is 5.56 Å². The molecule has 0 fully saturated rings. The van der Waals surface area contributed by atoms with Gasteiger partial charge in [0.2, 0.25) is 0 Å². The number of phenols is 1. The number of hydrogen-bond donors (Lipinski definition) is 2. The molecule has 5 nitrogen and oxygen atoms in total. The van der Waals surface area contributed by atoms with Crippen molar-refractivity contribution < 1.29 is 24.5 Å². The maximum absolute atomic E-state index is 10.7. The second-order valence-electron chi connectivity index (χ2n) is 6.78. The third-order valence-electron chi connectivity index (χ3n) is 4.98. The Bertz CT molecular complexity index is 966. The monoisotopic (exact) mass is 376 g/mol. The van der Waals surface area contributed by atoms with E-state index in [-0.39, 0.29) is 24.2 Å². The van der Waals surface area contributed by atoms with Gasteiger partial charge in [0.1, 0.15) is 17.2 Å². The number of carbonyl (C=O) groups is 1. The van der Waals surface area contributed by atoms with E-state index in [1.54, 1.807) is 24.3 Å². The number of carboxylic acids is 1. The Hall–Kier alpha value is -3.47. The van der Waals surface area contributed by atoms with E-state index in [9.17, 15) is 9.90 Å². The van der Waals surface area contributed by atoms with Gasteiger partial charge in [-0.2, -0.15) is 0 Å². The molecule has 0 saturated carbocycles. The van der Waals surface area contributed by atoms with Crippen molar-refractivity contribution in [2.45, 2.75) is 11.8 Å². The SMILES string of the molecule is O=C(O)COc1ccc([C@@H]2c3ccc(O)cc3OC[C@H]2c2ccccc2)cc1. The van der Waals surface area contributed by atoms with Crippen LogP contribution in [0.3, 0.4) is 0 Å². The molecule has 3 aromatic rings. The predicted molar refractivity (Wildman–Crippen MR) is 104 cm³/mol. The van der Waals surface area contributed by atoms with Gasteiger partial charge in [0.05, 0.1) is 6.61 Å². The molecule has 0 unspecified atom stereocenters. The molecule has 28 heavy (non-hydrogen) atoms. The molecule has 0 aliphatic carbocycles. The molecule has 1 heterocycles. The summed E-state index contributed by atoms with van der Waals surface area (Å²) >= 11 is 0. The van der Waals surface area contributed by atoms with E-state index in [2.05, 4.69) is 12.1 Å². The molecule has 142 valence electrons. The maximum Gasteiger partial charge on any atom is 0.341 e. The lowest BCUT2D eigenvalue weighted by molar-refractivity contribution is -0.139. The molecular weight excluding hydrogens is 356 g/mol. The Labute approximate surface area is 162 Å². The highest BCUT2D eigenvalue weighted by Gasteiger charge is 2.33. The molecule has 0 aromatic heterocycles. The van der Waals surface area contributed by atoms with Crippen LogP contribution in [0.25, 0.3) is 0 Å². The van der Waals surface area contributed by atoms with Crippen molar-refractivity contribution in [3.63, 3.8) is 0 Å². The Morgan fingerprint density at radius 3 is 2.46 bits per heavy atom. The molecule has 0 bridgehead atoms. The molecule has 0 amide bonds. The topological polar surface area (TPSA) is 76.0 Å². The summed E-state index contributed by atoms with van der Waals surface area (Å²) in [5, 5.41) is 18.6. The molecule has 0 radical (unpaired) electrons. The van der Waals surface area contributed by atoms with Crippen LogP contribution in [-0.4, -0.2) is 29.4 Å². The molecular formula is C23H20O5.